The van der Waals surface area contributed by atoms with Crippen LogP contribution in [0, 0.1) is 11.6 Å². The molecule has 0 aliphatic rings. The van der Waals surface area contributed by atoms with Crippen molar-refractivity contribution in [3.05, 3.63) is 57.8 Å². The van der Waals surface area contributed by atoms with E-state index in [1.807, 2.05) is 0 Å². The molecule has 0 unspecified atom stereocenters. The average Bonchev–Trinajstić information content (AvgIpc) is 3.01. The van der Waals surface area contributed by atoms with Crippen LogP contribution in [0.4, 0.5) is 8.78 Å². The van der Waals surface area contributed by atoms with Gasteiger partial charge in [0.05, 0.1) is 12.7 Å². The Morgan fingerprint density at radius 3 is 2.67 bits per heavy atom. The Morgan fingerprint density at radius 2 is 2.05 bits per heavy atom. The minimum absolute atomic E-state index is 0.287. The molecule has 2 aromatic rings. The summed E-state index contributed by atoms with van der Waals surface area (Å²) in [4.78, 5) is 23.7. The summed E-state index contributed by atoms with van der Waals surface area (Å²) in [6, 6.07) is 2.80. The van der Waals surface area contributed by atoms with Gasteiger partial charge >= 0.3 is 5.97 Å². The normalized spacial score (nSPS) is 11.8. The van der Waals surface area contributed by atoms with Gasteiger partial charge in [-0.25, -0.2) is 13.6 Å². The number of carbonyl (C=O) groups is 2. The second-order valence-electron chi connectivity index (χ2n) is 4.11. The molecule has 1 aromatic carbocycles. The van der Waals surface area contributed by atoms with Crippen molar-refractivity contribution in [2.75, 3.05) is 7.11 Å². The highest BCUT2D eigenvalue weighted by Gasteiger charge is 2.27. The Morgan fingerprint density at radius 1 is 1.29 bits per heavy atom. The van der Waals surface area contributed by atoms with Crippen LogP contribution in [0.5, 0.6) is 0 Å². The molecule has 21 heavy (non-hydrogen) atoms. The van der Waals surface area contributed by atoms with E-state index in [1.165, 1.54) is 11.3 Å². The van der Waals surface area contributed by atoms with Gasteiger partial charge in [0.25, 0.3) is 5.91 Å². The molecule has 4 nitrogen and oxygen atoms in total. The molecule has 0 aliphatic heterocycles. The van der Waals surface area contributed by atoms with Crippen molar-refractivity contribution >= 4 is 23.2 Å². The van der Waals surface area contributed by atoms with Gasteiger partial charge in [0, 0.05) is 10.9 Å². The van der Waals surface area contributed by atoms with E-state index in [2.05, 4.69) is 10.1 Å². The van der Waals surface area contributed by atoms with Crippen molar-refractivity contribution in [2.24, 2.45) is 0 Å². The number of carbonyl (C=O) groups excluding carboxylic acids is 2. The molecule has 0 radical (unpaired) electrons. The summed E-state index contributed by atoms with van der Waals surface area (Å²) < 4.78 is 31.6. The number of hydrogen-bond acceptors (Lipinski definition) is 4. The van der Waals surface area contributed by atoms with E-state index in [9.17, 15) is 18.4 Å². The second kappa shape index (κ2) is 6.45. The first kappa shape index (κ1) is 15.1. The fourth-order valence-electron chi connectivity index (χ4n) is 1.73. The maximum absolute atomic E-state index is 13.8. The molecule has 7 heteroatoms. The van der Waals surface area contributed by atoms with Gasteiger partial charge in [0.15, 0.2) is 6.04 Å². The molecule has 0 aliphatic carbocycles. The minimum Gasteiger partial charge on any atom is -0.467 e. The van der Waals surface area contributed by atoms with Crippen molar-refractivity contribution in [3.63, 3.8) is 0 Å². The van der Waals surface area contributed by atoms with E-state index in [1.54, 1.807) is 16.8 Å². The quantitative estimate of drug-likeness (QED) is 0.883. The monoisotopic (exact) mass is 311 g/mol. The molecule has 1 amide bonds. The standard InChI is InChI=1S/C14H11F2NO3S/c1-20-14(19)12(10-6-9(15)2-3-11(10)16)17-13(18)8-4-5-21-7-8/h2-7,12H,1H3,(H,17,18)/t12-/m1/s1. The lowest BCUT2D eigenvalue weighted by molar-refractivity contribution is -0.143. The Hall–Kier alpha value is -2.28. The lowest BCUT2D eigenvalue weighted by Crippen LogP contribution is -2.35. The maximum atomic E-state index is 13.8. The third-order valence-electron chi connectivity index (χ3n) is 2.76. The lowest BCUT2D eigenvalue weighted by Gasteiger charge is -2.17. The van der Waals surface area contributed by atoms with Gasteiger partial charge in [-0.2, -0.15) is 11.3 Å². The zero-order chi connectivity index (χ0) is 15.4. The summed E-state index contributed by atoms with van der Waals surface area (Å²) >= 11 is 1.30. The van der Waals surface area contributed by atoms with Crippen molar-refractivity contribution in [2.45, 2.75) is 6.04 Å². The number of ether oxygens (including phenoxy) is 1. The zero-order valence-corrected chi connectivity index (χ0v) is 11.7. The van der Waals surface area contributed by atoms with Crippen molar-refractivity contribution in [3.8, 4) is 0 Å². The first-order valence-electron chi connectivity index (χ1n) is 5.88. The predicted molar refractivity (Wildman–Crippen MR) is 72.9 cm³/mol. The number of amides is 1. The largest absolute Gasteiger partial charge is 0.467 e. The first-order chi connectivity index (χ1) is 10.0. The Labute approximate surface area is 123 Å². The molecule has 1 N–H and O–H groups in total. The molecule has 0 bridgehead atoms. The maximum Gasteiger partial charge on any atom is 0.333 e. The third kappa shape index (κ3) is 3.43. The molecule has 1 aromatic heterocycles. The summed E-state index contributed by atoms with van der Waals surface area (Å²) in [5, 5.41) is 5.60. The fourth-order valence-corrected chi connectivity index (χ4v) is 2.36. The first-order valence-corrected chi connectivity index (χ1v) is 6.83. The second-order valence-corrected chi connectivity index (χ2v) is 4.89. The molecule has 0 saturated carbocycles. The highest BCUT2D eigenvalue weighted by atomic mass is 32.1. The van der Waals surface area contributed by atoms with E-state index in [0.29, 0.717) is 5.56 Å². The van der Waals surface area contributed by atoms with E-state index in [4.69, 9.17) is 0 Å². The zero-order valence-electron chi connectivity index (χ0n) is 10.9. The highest BCUT2D eigenvalue weighted by Crippen LogP contribution is 2.20. The molecular formula is C14H11F2NO3S. The number of methoxy groups -OCH3 is 1. The fraction of sp³-hybridized carbons (Fsp3) is 0.143. The van der Waals surface area contributed by atoms with Gasteiger partial charge < -0.3 is 10.1 Å². The van der Waals surface area contributed by atoms with Crippen LogP contribution in [-0.4, -0.2) is 19.0 Å². The average molecular weight is 311 g/mol. The summed E-state index contributed by atoms with van der Waals surface area (Å²) in [5.41, 5.74) is 0.0381. The van der Waals surface area contributed by atoms with E-state index >= 15 is 0 Å². The van der Waals surface area contributed by atoms with Crippen LogP contribution in [0.1, 0.15) is 22.0 Å². The van der Waals surface area contributed by atoms with Crippen molar-refractivity contribution < 1.29 is 23.1 Å². The number of esters is 1. The molecule has 110 valence electrons. The smallest absolute Gasteiger partial charge is 0.333 e. The summed E-state index contributed by atoms with van der Waals surface area (Å²) in [5.74, 6) is -2.99. The predicted octanol–water partition coefficient (Wildman–Crippen LogP) is 2.67. The van der Waals surface area contributed by atoms with Gasteiger partial charge in [0.1, 0.15) is 11.6 Å². The van der Waals surface area contributed by atoms with Crippen LogP contribution in [0.3, 0.4) is 0 Å². The molecule has 1 heterocycles. The van der Waals surface area contributed by atoms with E-state index in [-0.39, 0.29) is 5.56 Å². The highest BCUT2D eigenvalue weighted by molar-refractivity contribution is 7.08. The Balaban J connectivity index is 2.33. The topological polar surface area (TPSA) is 55.4 Å². The summed E-state index contributed by atoms with van der Waals surface area (Å²) in [6.45, 7) is 0. The molecule has 1 atom stereocenters. The number of rotatable bonds is 4. The number of hydrogen-bond donors (Lipinski definition) is 1. The lowest BCUT2D eigenvalue weighted by atomic mass is 10.1. The molecule has 2 rings (SSSR count). The van der Waals surface area contributed by atoms with Gasteiger partial charge in [-0.15, -0.1) is 0 Å². The molecule has 0 fully saturated rings. The molecule has 0 spiro atoms. The number of thiophene rings is 1. The van der Waals surface area contributed by atoms with E-state index < -0.39 is 29.6 Å². The van der Waals surface area contributed by atoms with Gasteiger partial charge in [-0.3, -0.25) is 4.79 Å². The van der Waals surface area contributed by atoms with Crippen LogP contribution < -0.4 is 5.32 Å². The van der Waals surface area contributed by atoms with E-state index in [0.717, 1.165) is 25.3 Å². The van der Waals surface area contributed by atoms with Crippen LogP contribution in [0.2, 0.25) is 0 Å². The SMILES string of the molecule is COC(=O)[C@H](NC(=O)c1ccsc1)c1cc(F)ccc1F. The van der Waals surface area contributed by atoms with Gasteiger partial charge in [-0.1, -0.05) is 0 Å². The van der Waals surface area contributed by atoms with Crippen LogP contribution in [0.15, 0.2) is 35.0 Å². The molecular weight excluding hydrogens is 300 g/mol. The molecule has 0 saturated heterocycles. The summed E-state index contributed by atoms with van der Waals surface area (Å²) in [6.07, 6.45) is 0. The Bertz CT molecular complexity index is 658. The Kier molecular flexibility index (Phi) is 4.64. The van der Waals surface area contributed by atoms with Crippen molar-refractivity contribution in [1.82, 2.24) is 5.32 Å². The summed E-state index contributed by atoms with van der Waals surface area (Å²) in [7, 11) is 1.10. The van der Waals surface area contributed by atoms with Crippen LogP contribution in [-0.2, 0) is 9.53 Å². The number of benzene rings is 1. The number of nitrogens with one attached hydrogen (secondary N) is 1. The van der Waals surface area contributed by atoms with Gasteiger partial charge in [0.2, 0.25) is 0 Å². The number of halogens is 2. The minimum atomic E-state index is -1.42. The van der Waals surface area contributed by atoms with Crippen molar-refractivity contribution in [1.29, 1.82) is 0 Å². The third-order valence-corrected chi connectivity index (χ3v) is 3.45. The van der Waals surface area contributed by atoms with Crippen LogP contribution in [0.25, 0.3) is 0 Å². The van der Waals surface area contributed by atoms with Crippen LogP contribution >= 0.6 is 11.3 Å². The van der Waals surface area contributed by atoms with Gasteiger partial charge in [-0.05, 0) is 29.6 Å².